The number of hydrogen-bond donors (Lipinski definition) is 0. The molecule has 0 rings (SSSR count). The summed E-state index contributed by atoms with van der Waals surface area (Å²) < 4.78 is 0. The molecule has 20 heavy (non-hydrogen) atoms. The van der Waals surface area contributed by atoms with Crippen molar-refractivity contribution < 1.29 is 0 Å². The van der Waals surface area contributed by atoms with Gasteiger partial charge in [0.25, 0.3) is 0 Å². The Hall–Kier alpha value is 0. The molecule has 0 heteroatoms. The van der Waals surface area contributed by atoms with Crippen LogP contribution in [-0.4, -0.2) is 0 Å². The number of rotatable bonds is 16. The van der Waals surface area contributed by atoms with Gasteiger partial charge < -0.3 is 0 Å². The van der Waals surface area contributed by atoms with Crippen molar-refractivity contribution in [1.82, 2.24) is 0 Å². The van der Waals surface area contributed by atoms with E-state index < -0.39 is 0 Å². The quantitative estimate of drug-likeness (QED) is 0.254. The summed E-state index contributed by atoms with van der Waals surface area (Å²) in [4.78, 5) is 0. The Bertz CT molecular complexity index is 161. The van der Waals surface area contributed by atoms with Gasteiger partial charge in [-0.25, -0.2) is 0 Å². The molecule has 0 nitrogen and oxygen atoms in total. The van der Waals surface area contributed by atoms with Crippen LogP contribution in [0, 0.1) is 12.3 Å². The summed E-state index contributed by atoms with van der Waals surface area (Å²) in [6, 6.07) is 0. The lowest BCUT2D eigenvalue weighted by Crippen LogP contribution is -2.01. The lowest BCUT2D eigenvalue weighted by atomic mass is 9.90. The maximum Gasteiger partial charge on any atom is -0.0383 e. The molecule has 1 atom stereocenters. The molecule has 0 aliphatic carbocycles. The van der Waals surface area contributed by atoms with E-state index in [1.807, 2.05) is 0 Å². The Morgan fingerprint density at radius 2 is 1.20 bits per heavy atom. The lowest BCUT2D eigenvalue weighted by molar-refractivity contribution is 0.409. The van der Waals surface area contributed by atoms with E-state index in [2.05, 4.69) is 27.2 Å². The van der Waals surface area contributed by atoms with E-state index in [9.17, 15) is 0 Å². The molecule has 0 bridgehead atoms. The van der Waals surface area contributed by atoms with Gasteiger partial charge in [0.2, 0.25) is 0 Å². The van der Waals surface area contributed by atoms with E-state index in [-0.39, 0.29) is 0 Å². The summed E-state index contributed by atoms with van der Waals surface area (Å²) in [5.74, 6) is 0.984. The highest BCUT2D eigenvalue weighted by atomic mass is 14.1. The summed E-state index contributed by atoms with van der Waals surface area (Å²) in [6.07, 6.45) is 23.9. The van der Waals surface area contributed by atoms with Crippen LogP contribution < -0.4 is 0 Å². The Kier molecular flexibility index (Phi) is 17.1. The van der Waals surface area contributed by atoms with Crippen molar-refractivity contribution in [3.05, 3.63) is 6.42 Å². The zero-order valence-corrected chi connectivity index (χ0v) is 14.8. The fraction of sp³-hybridized carbons (Fsp3) is 0.950. The van der Waals surface area contributed by atoms with Gasteiger partial charge in [-0.2, -0.15) is 0 Å². The third kappa shape index (κ3) is 14.4. The molecule has 0 aromatic heterocycles. The highest BCUT2D eigenvalue weighted by Crippen LogP contribution is 2.22. The van der Waals surface area contributed by atoms with E-state index in [0.29, 0.717) is 0 Å². The van der Waals surface area contributed by atoms with Crippen molar-refractivity contribution in [3.8, 4) is 0 Å². The molecule has 0 aliphatic heterocycles. The third-order valence-electron chi connectivity index (χ3n) is 4.42. The Morgan fingerprint density at radius 3 is 1.80 bits per heavy atom. The fourth-order valence-electron chi connectivity index (χ4n) is 3.07. The first kappa shape index (κ1) is 20.0. The van der Waals surface area contributed by atoms with Crippen LogP contribution in [0.5, 0.6) is 0 Å². The van der Waals surface area contributed by atoms with Crippen molar-refractivity contribution in [2.24, 2.45) is 5.92 Å². The standard InChI is InChI=1S/C20H41/c1-4-7-9-11-12-14-16-19-20(17-6-3)18-15-13-10-8-5-2/h16,20H,4-15,17-19H2,1-3H3. The van der Waals surface area contributed by atoms with Gasteiger partial charge in [0.15, 0.2) is 0 Å². The van der Waals surface area contributed by atoms with Crippen molar-refractivity contribution in [2.75, 3.05) is 0 Å². The Labute approximate surface area is 130 Å². The fourth-order valence-corrected chi connectivity index (χ4v) is 3.07. The molecule has 0 aromatic rings. The molecule has 0 spiro atoms. The van der Waals surface area contributed by atoms with E-state index in [1.54, 1.807) is 0 Å². The van der Waals surface area contributed by atoms with Crippen LogP contribution in [0.1, 0.15) is 117 Å². The molecule has 0 N–H and O–H groups in total. The first-order valence-electron chi connectivity index (χ1n) is 9.66. The molecule has 0 saturated heterocycles. The Balaban J connectivity index is 3.44. The smallest absolute Gasteiger partial charge is 0.0383 e. The van der Waals surface area contributed by atoms with E-state index in [1.165, 1.54) is 96.3 Å². The lowest BCUT2D eigenvalue weighted by Gasteiger charge is -2.15. The highest BCUT2D eigenvalue weighted by Gasteiger charge is 2.07. The molecular formula is C20H41. The third-order valence-corrected chi connectivity index (χ3v) is 4.42. The molecule has 1 radical (unpaired) electrons. The summed E-state index contributed by atoms with van der Waals surface area (Å²) in [6.45, 7) is 6.94. The Morgan fingerprint density at radius 1 is 0.600 bits per heavy atom. The van der Waals surface area contributed by atoms with Crippen molar-refractivity contribution in [3.63, 3.8) is 0 Å². The average Bonchev–Trinajstić information content (AvgIpc) is 2.46. The molecule has 0 aliphatic rings. The maximum atomic E-state index is 2.60. The maximum absolute atomic E-state index is 2.60. The highest BCUT2D eigenvalue weighted by molar-refractivity contribution is 4.71. The molecule has 0 saturated carbocycles. The molecule has 1 unspecified atom stereocenters. The minimum Gasteiger partial charge on any atom is -0.0654 e. The second-order valence-electron chi connectivity index (χ2n) is 6.58. The molecule has 0 amide bonds. The minimum atomic E-state index is 0.984. The largest absolute Gasteiger partial charge is 0.0654 e. The van der Waals surface area contributed by atoms with Gasteiger partial charge in [0, 0.05) is 0 Å². The van der Waals surface area contributed by atoms with Crippen LogP contribution in [0.25, 0.3) is 0 Å². The summed E-state index contributed by atoms with van der Waals surface area (Å²) in [7, 11) is 0. The van der Waals surface area contributed by atoms with Crippen LogP contribution in [0.4, 0.5) is 0 Å². The normalized spacial score (nSPS) is 12.8. The molecule has 0 heterocycles. The summed E-state index contributed by atoms with van der Waals surface area (Å²) in [5, 5.41) is 0. The van der Waals surface area contributed by atoms with E-state index >= 15 is 0 Å². The van der Waals surface area contributed by atoms with Crippen LogP contribution in [0.2, 0.25) is 0 Å². The zero-order valence-electron chi connectivity index (χ0n) is 14.8. The minimum absolute atomic E-state index is 0.984. The zero-order chi connectivity index (χ0) is 14.9. The topological polar surface area (TPSA) is 0 Å². The van der Waals surface area contributed by atoms with Gasteiger partial charge in [-0.15, -0.1) is 0 Å². The van der Waals surface area contributed by atoms with Gasteiger partial charge in [0.1, 0.15) is 0 Å². The van der Waals surface area contributed by atoms with E-state index in [4.69, 9.17) is 0 Å². The predicted molar refractivity (Wildman–Crippen MR) is 94.1 cm³/mol. The molecule has 121 valence electrons. The summed E-state index contributed by atoms with van der Waals surface area (Å²) in [5.41, 5.74) is 0. The van der Waals surface area contributed by atoms with Gasteiger partial charge in [-0.1, -0.05) is 111 Å². The number of unbranched alkanes of at least 4 members (excludes halogenated alkanes) is 10. The molecule has 0 fully saturated rings. The molecular weight excluding hydrogens is 240 g/mol. The van der Waals surface area contributed by atoms with Crippen molar-refractivity contribution in [2.45, 2.75) is 117 Å². The van der Waals surface area contributed by atoms with Crippen molar-refractivity contribution in [1.29, 1.82) is 0 Å². The van der Waals surface area contributed by atoms with Crippen LogP contribution in [-0.2, 0) is 0 Å². The van der Waals surface area contributed by atoms with Gasteiger partial charge in [-0.05, 0) is 18.8 Å². The first-order chi connectivity index (χ1) is 9.85. The SMILES string of the molecule is CCCCCCC[CH]CC(CCC)CCCCCCC. The number of hydrogen-bond acceptors (Lipinski definition) is 0. The average molecular weight is 282 g/mol. The van der Waals surface area contributed by atoms with Gasteiger partial charge >= 0.3 is 0 Å². The van der Waals surface area contributed by atoms with Crippen LogP contribution >= 0.6 is 0 Å². The summed E-state index contributed by atoms with van der Waals surface area (Å²) >= 11 is 0. The predicted octanol–water partition coefficient (Wildman–Crippen LogP) is 7.72. The second-order valence-corrected chi connectivity index (χ2v) is 6.58. The van der Waals surface area contributed by atoms with Crippen LogP contribution in [0.15, 0.2) is 0 Å². The first-order valence-corrected chi connectivity index (χ1v) is 9.66. The monoisotopic (exact) mass is 281 g/mol. The van der Waals surface area contributed by atoms with Crippen LogP contribution in [0.3, 0.4) is 0 Å². The second kappa shape index (κ2) is 17.1. The van der Waals surface area contributed by atoms with Gasteiger partial charge in [-0.3, -0.25) is 0 Å². The van der Waals surface area contributed by atoms with Gasteiger partial charge in [0.05, 0.1) is 0 Å². The van der Waals surface area contributed by atoms with Crippen molar-refractivity contribution >= 4 is 0 Å². The molecule has 0 aromatic carbocycles. The van der Waals surface area contributed by atoms with E-state index in [0.717, 1.165) is 5.92 Å².